The van der Waals surface area contributed by atoms with Gasteiger partial charge in [-0.05, 0) is 47.6 Å². The van der Waals surface area contributed by atoms with Gasteiger partial charge < -0.3 is 0 Å². The number of rotatable bonds is 1. The lowest BCUT2D eigenvalue weighted by Crippen LogP contribution is -2.14. The van der Waals surface area contributed by atoms with E-state index in [1.165, 1.54) is 44.2 Å². The Hall–Kier alpha value is -3.71. The summed E-state index contributed by atoms with van der Waals surface area (Å²) in [4.78, 5) is 4.67. The van der Waals surface area contributed by atoms with Crippen molar-refractivity contribution in [3.8, 4) is 22.4 Å². The first kappa shape index (κ1) is 24.4. The van der Waals surface area contributed by atoms with Gasteiger partial charge in [0.1, 0.15) is 0 Å². The van der Waals surface area contributed by atoms with Gasteiger partial charge in [0.25, 0.3) is 0 Å². The third-order valence-corrected chi connectivity index (χ3v) is 6.65. The summed E-state index contributed by atoms with van der Waals surface area (Å²) in [6.45, 7) is 12.8. The number of hydrogen-bond acceptors (Lipinski definition) is 1. The van der Waals surface area contributed by atoms with Crippen LogP contribution in [0.1, 0.15) is 50.1 Å². The lowest BCUT2D eigenvalue weighted by molar-refractivity contribution is 0.660. The SMILES string of the molecule is CC.Cc1cc2ccccc2c(-c2ccccc2)n1.Cc1ccc2c(c1)-c1ccccc1C2(C)C. The fourth-order valence-electron chi connectivity index (χ4n) is 4.98. The third kappa shape index (κ3) is 4.77. The van der Waals surface area contributed by atoms with Gasteiger partial charge in [0, 0.05) is 22.1 Å². The van der Waals surface area contributed by atoms with Gasteiger partial charge >= 0.3 is 0 Å². The van der Waals surface area contributed by atoms with Crippen molar-refractivity contribution in [3.63, 3.8) is 0 Å². The maximum absolute atomic E-state index is 4.67. The molecule has 1 heteroatoms. The summed E-state index contributed by atoms with van der Waals surface area (Å²) < 4.78 is 0. The Morgan fingerprint density at radius 3 is 2.00 bits per heavy atom. The topological polar surface area (TPSA) is 12.9 Å². The average molecular weight is 458 g/mol. The zero-order valence-electron chi connectivity index (χ0n) is 21.8. The van der Waals surface area contributed by atoms with Crippen LogP contribution in [0.5, 0.6) is 0 Å². The van der Waals surface area contributed by atoms with Crippen molar-refractivity contribution < 1.29 is 0 Å². The fraction of sp³-hybridized carbons (Fsp3) is 0.206. The van der Waals surface area contributed by atoms with Crippen LogP contribution in [0.15, 0.2) is 103 Å². The number of hydrogen-bond donors (Lipinski definition) is 0. The molecule has 1 aliphatic rings. The van der Waals surface area contributed by atoms with E-state index in [0.29, 0.717) is 0 Å². The molecule has 0 radical (unpaired) electrons. The van der Waals surface area contributed by atoms with Gasteiger partial charge in [0.15, 0.2) is 0 Å². The van der Waals surface area contributed by atoms with E-state index < -0.39 is 0 Å². The van der Waals surface area contributed by atoms with Gasteiger partial charge in [-0.25, -0.2) is 0 Å². The highest BCUT2D eigenvalue weighted by Gasteiger charge is 2.34. The van der Waals surface area contributed by atoms with Gasteiger partial charge in [-0.1, -0.05) is 130 Å². The van der Waals surface area contributed by atoms with E-state index in [-0.39, 0.29) is 5.41 Å². The summed E-state index contributed by atoms with van der Waals surface area (Å²) in [6, 6.07) is 36.4. The molecular weight excluding hydrogens is 422 g/mol. The summed E-state index contributed by atoms with van der Waals surface area (Å²) in [5, 5.41) is 2.46. The van der Waals surface area contributed by atoms with Gasteiger partial charge in [0.05, 0.1) is 5.69 Å². The van der Waals surface area contributed by atoms with Crippen LogP contribution in [0.4, 0.5) is 0 Å². The maximum atomic E-state index is 4.67. The van der Waals surface area contributed by atoms with E-state index in [1.54, 1.807) is 0 Å². The number of benzene rings is 4. The van der Waals surface area contributed by atoms with Gasteiger partial charge in [-0.15, -0.1) is 0 Å². The van der Waals surface area contributed by atoms with Crippen molar-refractivity contribution >= 4 is 10.8 Å². The Kier molecular flexibility index (Phi) is 7.17. The molecule has 1 heterocycles. The van der Waals surface area contributed by atoms with E-state index in [1.807, 2.05) is 39.0 Å². The van der Waals surface area contributed by atoms with Crippen LogP contribution in [-0.4, -0.2) is 4.98 Å². The van der Waals surface area contributed by atoms with Crippen LogP contribution in [-0.2, 0) is 5.41 Å². The minimum absolute atomic E-state index is 0.152. The summed E-state index contributed by atoms with van der Waals surface area (Å²) in [5.74, 6) is 0. The average Bonchev–Trinajstić information content (AvgIpc) is 3.12. The van der Waals surface area contributed by atoms with Gasteiger partial charge in [0.2, 0.25) is 0 Å². The Morgan fingerprint density at radius 1 is 0.600 bits per heavy atom. The van der Waals surface area contributed by atoms with Gasteiger partial charge in [-0.3, -0.25) is 4.98 Å². The monoisotopic (exact) mass is 457 g/mol. The zero-order chi connectivity index (χ0) is 25.0. The van der Waals surface area contributed by atoms with E-state index in [9.17, 15) is 0 Å². The second-order valence-electron chi connectivity index (χ2n) is 9.42. The second kappa shape index (κ2) is 10.3. The standard InChI is InChI=1S/C16H13N.C16H16.C2H6/c1-12-11-14-9-5-6-10-15(14)16(17-12)13-7-3-2-4-8-13;1-11-8-9-15-13(10-11)12-6-4-5-7-14(12)16(15,2)3;1-2/h2-11H,1H3;4-10H,1-3H3;1-2H3. The van der Waals surface area contributed by atoms with Crippen LogP contribution >= 0.6 is 0 Å². The molecule has 0 bridgehead atoms. The molecular formula is C34H35N. The van der Waals surface area contributed by atoms with Crippen molar-refractivity contribution in [2.45, 2.75) is 47.0 Å². The summed E-state index contributed by atoms with van der Waals surface area (Å²) >= 11 is 0. The molecule has 1 nitrogen and oxygen atoms in total. The smallest absolute Gasteiger partial charge is 0.0783 e. The van der Waals surface area contributed by atoms with Crippen molar-refractivity contribution in [3.05, 3.63) is 126 Å². The van der Waals surface area contributed by atoms with Gasteiger partial charge in [-0.2, -0.15) is 0 Å². The van der Waals surface area contributed by atoms with Crippen LogP contribution in [0.2, 0.25) is 0 Å². The quantitative estimate of drug-likeness (QED) is 0.244. The van der Waals surface area contributed by atoms with Crippen molar-refractivity contribution in [2.24, 2.45) is 0 Å². The molecule has 0 atom stereocenters. The van der Waals surface area contributed by atoms with Crippen molar-refractivity contribution in [2.75, 3.05) is 0 Å². The lowest BCUT2D eigenvalue weighted by Gasteiger charge is -2.21. The second-order valence-corrected chi connectivity index (χ2v) is 9.42. The molecule has 5 aromatic rings. The molecule has 0 aliphatic heterocycles. The predicted octanol–water partition coefficient (Wildman–Crippen LogP) is 9.54. The molecule has 1 aliphatic carbocycles. The Balaban J connectivity index is 0.000000155. The van der Waals surface area contributed by atoms with Crippen LogP contribution < -0.4 is 0 Å². The molecule has 0 fully saturated rings. The highest BCUT2D eigenvalue weighted by molar-refractivity contribution is 5.94. The Labute approximate surface area is 210 Å². The molecule has 0 saturated heterocycles. The first-order valence-corrected chi connectivity index (χ1v) is 12.6. The normalized spacial score (nSPS) is 12.5. The van der Waals surface area contributed by atoms with E-state index in [4.69, 9.17) is 0 Å². The third-order valence-electron chi connectivity index (χ3n) is 6.65. The predicted molar refractivity (Wildman–Crippen MR) is 152 cm³/mol. The van der Waals surface area contributed by atoms with E-state index in [0.717, 1.165) is 11.4 Å². The summed E-state index contributed by atoms with van der Waals surface area (Å²) in [6.07, 6.45) is 0. The zero-order valence-corrected chi connectivity index (χ0v) is 21.8. The number of aryl methyl sites for hydroxylation is 2. The first-order chi connectivity index (χ1) is 16.9. The number of pyridine rings is 1. The maximum Gasteiger partial charge on any atom is 0.0783 e. The fourth-order valence-corrected chi connectivity index (χ4v) is 4.98. The number of nitrogens with zero attached hydrogens (tertiary/aromatic N) is 1. The molecule has 1 aromatic heterocycles. The molecule has 0 N–H and O–H groups in total. The molecule has 176 valence electrons. The molecule has 35 heavy (non-hydrogen) atoms. The summed E-state index contributed by atoms with van der Waals surface area (Å²) in [7, 11) is 0. The minimum Gasteiger partial charge on any atom is -0.252 e. The van der Waals surface area contributed by atoms with Crippen molar-refractivity contribution in [1.82, 2.24) is 4.98 Å². The van der Waals surface area contributed by atoms with Crippen LogP contribution in [0.3, 0.4) is 0 Å². The largest absolute Gasteiger partial charge is 0.252 e. The minimum atomic E-state index is 0.152. The van der Waals surface area contributed by atoms with Crippen molar-refractivity contribution in [1.29, 1.82) is 0 Å². The van der Waals surface area contributed by atoms with E-state index in [2.05, 4.69) is 111 Å². The number of aromatic nitrogens is 1. The molecule has 6 rings (SSSR count). The van der Waals surface area contributed by atoms with E-state index >= 15 is 0 Å². The summed E-state index contributed by atoms with van der Waals surface area (Å²) in [5.41, 5.74) is 10.5. The molecule has 4 aromatic carbocycles. The van der Waals surface area contributed by atoms with Crippen LogP contribution in [0, 0.1) is 13.8 Å². The number of fused-ring (bicyclic) bond motifs is 4. The molecule has 0 spiro atoms. The lowest BCUT2D eigenvalue weighted by atomic mass is 9.82. The highest BCUT2D eigenvalue weighted by atomic mass is 14.7. The Morgan fingerprint density at radius 2 is 1.23 bits per heavy atom. The first-order valence-electron chi connectivity index (χ1n) is 12.6. The van der Waals surface area contributed by atoms with Crippen LogP contribution in [0.25, 0.3) is 33.2 Å². The molecule has 0 unspecified atom stereocenters. The molecule has 0 saturated carbocycles. The molecule has 0 amide bonds. The highest BCUT2D eigenvalue weighted by Crippen LogP contribution is 2.48. The Bertz CT molecular complexity index is 1440.